The zero-order chi connectivity index (χ0) is 24.4. The molecule has 0 saturated heterocycles. The molecule has 3 heterocycles. The maximum atomic E-state index is 13.1. The van der Waals surface area contributed by atoms with E-state index in [-0.39, 0.29) is 5.91 Å². The number of carbonyl (C=O) groups is 1. The van der Waals surface area contributed by atoms with Crippen LogP contribution in [0.5, 0.6) is 5.75 Å². The molecule has 0 spiro atoms. The molecule has 0 aliphatic carbocycles. The van der Waals surface area contributed by atoms with Crippen LogP contribution in [0.2, 0.25) is 0 Å². The van der Waals surface area contributed by atoms with E-state index in [1.807, 2.05) is 65.2 Å². The van der Waals surface area contributed by atoms with Gasteiger partial charge >= 0.3 is 0 Å². The minimum absolute atomic E-state index is 0.0906. The van der Waals surface area contributed by atoms with Crippen LogP contribution in [-0.2, 0) is 24.8 Å². The molecule has 0 N–H and O–H groups in total. The molecule has 35 heavy (non-hydrogen) atoms. The molecule has 4 aromatic rings. The van der Waals surface area contributed by atoms with E-state index in [0.717, 1.165) is 58.6 Å². The molecule has 0 fully saturated rings. The number of ether oxygens (including phenoxy) is 1. The molecule has 0 bridgehead atoms. The van der Waals surface area contributed by atoms with Crippen LogP contribution < -0.4 is 9.64 Å². The molecule has 1 amide bonds. The Bertz CT molecular complexity index is 1360. The Hall–Kier alpha value is -3.59. The van der Waals surface area contributed by atoms with Gasteiger partial charge in [-0.3, -0.25) is 9.48 Å². The van der Waals surface area contributed by atoms with Crippen LogP contribution in [0.4, 0.5) is 5.69 Å². The number of methoxy groups -OCH3 is 1. The third kappa shape index (κ3) is 4.55. The molecular weight excluding hydrogens is 460 g/mol. The standard InChI is InChI=1S/C26H28N6O2S/c1-4-31-25(21-16-30(2)29-24(21)19-10-7-12-20(15-19)34-3)27-28-26(31)35-17-23(33)32-14-8-11-18-9-5-6-13-22(18)32/h5-7,9-10,12-13,15-16H,4,8,11,14,17H2,1-3H3. The monoisotopic (exact) mass is 488 g/mol. The molecular formula is C26H28N6O2S. The number of aromatic nitrogens is 5. The SMILES string of the molecule is CCn1c(SCC(=O)N2CCCc3ccccc32)nnc1-c1cn(C)nc1-c1cccc(OC)c1. The Morgan fingerprint density at radius 1 is 1.14 bits per heavy atom. The summed E-state index contributed by atoms with van der Waals surface area (Å²) in [6.07, 6.45) is 3.95. The van der Waals surface area contributed by atoms with Gasteiger partial charge in [-0.05, 0) is 43.5 Å². The number of fused-ring (bicyclic) bond motifs is 1. The van der Waals surface area contributed by atoms with Crippen LogP contribution in [-0.4, -0.2) is 49.9 Å². The Labute approximate surface area is 208 Å². The van der Waals surface area contributed by atoms with Crippen LogP contribution >= 0.6 is 11.8 Å². The van der Waals surface area contributed by atoms with E-state index in [2.05, 4.69) is 28.3 Å². The first-order valence-electron chi connectivity index (χ1n) is 11.7. The third-order valence-corrected chi connectivity index (χ3v) is 7.13. The van der Waals surface area contributed by atoms with Gasteiger partial charge in [-0.15, -0.1) is 10.2 Å². The summed E-state index contributed by atoms with van der Waals surface area (Å²) in [4.78, 5) is 15.0. The van der Waals surface area contributed by atoms with Gasteiger partial charge in [-0.1, -0.05) is 42.1 Å². The average molecular weight is 489 g/mol. The number of aryl methyl sites for hydroxylation is 2. The van der Waals surface area contributed by atoms with Gasteiger partial charge in [0.05, 0.1) is 18.4 Å². The van der Waals surface area contributed by atoms with Crippen molar-refractivity contribution in [2.24, 2.45) is 7.05 Å². The zero-order valence-corrected chi connectivity index (χ0v) is 21.0. The highest BCUT2D eigenvalue weighted by Gasteiger charge is 2.24. The van der Waals surface area contributed by atoms with Crippen molar-refractivity contribution in [3.63, 3.8) is 0 Å². The number of anilines is 1. The van der Waals surface area contributed by atoms with E-state index in [1.54, 1.807) is 11.8 Å². The summed E-state index contributed by atoms with van der Waals surface area (Å²) in [6, 6.07) is 16.0. The van der Waals surface area contributed by atoms with Gasteiger partial charge in [0.2, 0.25) is 5.91 Å². The quantitative estimate of drug-likeness (QED) is 0.358. The predicted molar refractivity (Wildman–Crippen MR) is 138 cm³/mol. The number of thioether (sulfide) groups is 1. The fourth-order valence-corrected chi connectivity index (χ4v) is 5.39. The maximum absolute atomic E-state index is 13.1. The summed E-state index contributed by atoms with van der Waals surface area (Å²) in [7, 11) is 3.55. The lowest BCUT2D eigenvalue weighted by atomic mass is 10.0. The smallest absolute Gasteiger partial charge is 0.237 e. The number of amides is 1. The van der Waals surface area contributed by atoms with Gasteiger partial charge in [0.15, 0.2) is 11.0 Å². The Morgan fingerprint density at radius 3 is 2.83 bits per heavy atom. The van der Waals surface area contributed by atoms with Gasteiger partial charge in [-0.25, -0.2) is 0 Å². The third-order valence-electron chi connectivity index (χ3n) is 6.18. The Balaban J connectivity index is 1.40. The van der Waals surface area contributed by atoms with E-state index in [4.69, 9.17) is 4.74 Å². The number of hydrogen-bond acceptors (Lipinski definition) is 6. The topological polar surface area (TPSA) is 78.1 Å². The van der Waals surface area contributed by atoms with Gasteiger partial charge in [0, 0.05) is 37.6 Å². The molecule has 2 aromatic carbocycles. The number of nitrogens with zero attached hydrogens (tertiary/aromatic N) is 6. The summed E-state index contributed by atoms with van der Waals surface area (Å²) in [6.45, 7) is 3.49. The molecule has 0 radical (unpaired) electrons. The first kappa shape index (κ1) is 23.2. The second-order valence-corrected chi connectivity index (χ2v) is 9.36. The number of benzene rings is 2. The second kappa shape index (κ2) is 9.95. The minimum atomic E-state index is 0.0906. The zero-order valence-electron chi connectivity index (χ0n) is 20.1. The number of rotatable bonds is 7. The fraction of sp³-hybridized carbons (Fsp3) is 0.308. The highest BCUT2D eigenvalue weighted by molar-refractivity contribution is 7.99. The van der Waals surface area contributed by atoms with Gasteiger partial charge in [-0.2, -0.15) is 5.10 Å². The van der Waals surface area contributed by atoms with Crippen molar-refractivity contribution in [3.05, 3.63) is 60.3 Å². The minimum Gasteiger partial charge on any atom is -0.497 e. The van der Waals surface area contributed by atoms with Crippen molar-refractivity contribution >= 4 is 23.4 Å². The van der Waals surface area contributed by atoms with Crippen LogP contribution in [0.1, 0.15) is 18.9 Å². The second-order valence-electron chi connectivity index (χ2n) is 8.41. The van der Waals surface area contributed by atoms with Crippen molar-refractivity contribution < 1.29 is 9.53 Å². The highest BCUT2D eigenvalue weighted by atomic mass is 32.2. The molecule has 1 aliphatic heterocycles. The van der Waals surface area contributed by atoms with Crippen molar-refractivity contribution in [2.75, 3.05) is 24.3 Å². The first-order valence-corrected chi connectivity index (χ1v) is 12.7. The summed E-state index contributed by atoms with van der Waals surface area (Å²) < 4.78 is 9.22. The molecule has 9 heteroatoms. The van der Waals surface area contributed by atoms with Crippen molar-refractivity contribution in [1.29, 1.82) is 0 Å². The largest absolute Gasteiger partial charge is 0.497 e. The van der Waals surface area contributed by atoms with Crippen molar-refractivity contribution in [3.8, 4) is 28.4 Å². The van der Waals surface area contributed by atoms with Crippen LogP contribution in [0.3, 0.4) is 0 Å². The molecule has 2 aromatic heterocycles. The van der Waals surface area contributed by atoms with Gasteiger partial charge < -0.3 is 14.2 Å². The normalized spacial score (nSPS) is 13.1. The summed E-state index contributed by atoms with van der Waals surface area (Å²) in [5.74, 6) is 1.90. The summed E-state index contributed by atoms with van der Waals surface area (Å²) in [5, 5.41) is 14.4. The van der Waals surface area contributed by atoms with E-state index in [0.29, 0.717) is 12.3 Å². The molecule has 180 valence electrons. The van der Waals surface area contributed by atoms with E-state index < -0.39 is 0 Å². The average Bonchev–Trinajstić information content (AvgIpc) is 3.49. The van der Waals surface area contributed by atoms with E-state index in [9.17, 15) is 4.79 Å². The number of hydrogen-bond donors (Lipinski definition) is 0. The Morgan fingerprint density at radius 2 is 2.00 bits per heavy atom. The molecule has 8 nitrogen and oxygen atoms in total. The lowest BCUT2D eigenvalue weighted by molar-refractivity contribution is -0.116. The van der Waals surface area contributed by atoms with Crippen LogP contribution in [0.15, 0.2) is 59.9 Å². The number of para-hydroxylation sites is 1. The summed E-state index contributed by atoms with van der Waals surface area (Å²) in [5.41, 5.74) is 4.90. The lowest BCUT2D eigenvalue weighted by Gasteiger charge is -2.29. The fourth-order valence-electron chi connectivity index (χ4n) is 4.51. The maximum Gasteiger partial charge on any atom is 0.237 e. The molecule has 0 saturated carbocycles. The van der Waals surface area contributed by atoms with Crippen LogP contribution in [0.25, 0.3) is 22.6 Å². The number of carbonyl (C=O) groups excluding carboxylic acids is 1. The molecule has 0 unspecified atom stereocenters. The van der Waals surface area contributed by atoms with Crippen molar-refractivity contribution in [1.82, 2.24) is 24.5 Å². The van der Waals surface area contributed by atoms with Gasteiger partial charge in [0.25, 0.3) is 0 Å². The van der Waals surface area contributed by atoms with Gasteiger partial charge in [0.1, 0.15) is 11.4 Å². The summed E-state index contributed by atoms with van der Waals surface area (Å²) >= 11 is 1.43. The highest BCUT2D eigenvalue weighted by Crippen LogP contribution is 2.34. The Kier molecular flexibility index (Phi) is 6.59. The van der Waals surface area contributed by atoms with E-state index >= 15 is 0 Å². The molecule has 1 aliphatic rings. The van der Waals surface area contributed by atoms with Crippen molar-refractivity contribution in [2.45, 2.75) is 31.5 Å². The van der Waals surface area contributed by atoms with Crippen LogP contribution in [0, 0.1) is 0 Å². The molecule has 0 atom stereocenters. The lowest BCUT2D eigenvalue weighted by Crippen LogP contribution is -2.36. The molecule has 5 rings (SSSR count). The predicted octanol–water partition coefficient (Wildman–Crippen LogP) is 4.45. The van der Waals surface area contributed by atoms with E-state index in [1.165, 1.54) is 17.3 Å². The first-order chi connectivity index (χ1) is 17.1.